The summed E-state index contributed by atoms with van der Waals surface area (Å²) in [6.45, 7) is 9.12. The zero-order chi connectivity index (χ0) is 14.4. The molecule has 2 rings (SSSR count). The van der Waals surface area contributed by atoms with Crippen molar-refractivity contribution in [3.63, 3.8) is 0 Å². The van der Waals surface area contributed by atoms with Gasteiger partial charge in [0.05, 0.1) is 5.54 Å². The Bertz CT molecular complexity index is 396. The van der Waals surface area contributed by atoms with Gasteiger partial charge in [-0.05, 0) is 27.7 Å². The molecule has 0 aromatic rings. The predicted octanol–water partition coefficient (Wildman–Crippen LogP) is 0.555. The molecular formula is C13H23N3O3. The van der Waals surface area contributed by atoms with Crippen LogP contribution < -0.4 is 5.73 Å². The number of hydrogen-bond acceptors (Lipinski definition) is 4. The summed E-state index contributed by atoms with van der Waals surface area (Å²) >= 11 is 0. The van der Waals surface area contributed by atoms with Crippen LogP contribution in [0.15, 0.2) is 0 Å². The van der Waals surface area contributed by atoms with Crippen LogP contribution >= 0.6 is 0 Å². The minimum atomic E-state index is -0.491. The molecule has 108 valence electrons. The number of carbonyl (C=O) groups is 2. The molecule has 1 unspecified atom stereocenters. The largest absolute Gasteiger partial charge is 0.444 e. The number of amides is 2. The first-order valence-electron chi connectivity index (χ1n) is 6.65. The van der Waals surface area contributed by atoms with Crippen molar-refractivity contribution in [3.05, 3.63) is 0 Å². The predicted molar refractivity (Wildman–Crippen MR) is 70.5 cm³/mol. The maximum Gasteiger partial charge on any atom is 0.410 e. The summed E-state index contributed by atoms with van der Waals surface area (Å²) in [7, 11) is 0. The lowest BCUT2D eigenvalue weighted by Gasteiger charge is -2.52. The second kappa shape index (κ2) is 4.37. The molecule has 0 radical (unpaired) electrons. The van der Waals surface area contributed by atoms with Gasteiger partial charge in [-0.3, -0.25) is 4.79 Å². The summed E-state index contributed by atoms with van der Waals surface area (Å²) in [5.41, 5.74) is 5.02. The summed E-state index contributed by atoms with van der Waals surface area (Å²) in [6.07, 6.45) is 0.0862. The van der Waals surface area contributed by atoms with Crippen molar-refractivity contribution in [1.82, 2.24) is 9.80 Å². The third-order valence-electron chi connectivity index (χ3n) is 3.52. The molecule has 0 aromatic heterocycles. The zero-order valence-corrected chi connectivity index (χ0v) is 12.1. The Morgan fingerprint density at radius 3 is 2.42 bits per heavy atom. The number of likely N-dealkylation sites (tertiary alicyclic amines) is 2. The summed E-state index contributed by atoms with van der Waals surface area (Å²) in [6, 6.07) is -0.0834. The summed E-state index contributed by atoms with van der Waals surface area (Å²) in [5.74, 6) is 0.0823. The molecule has 0 aliphatic carbocycles. The van der Waals surface area contributed by atoms with E-state index in [2.05, 4.69) is 0 Å². The number of nitrogens with two attached hydrogens (primary N) is 1. The van der Waals surface area contributed by atoms with Gasteiger partial charge in [0.1, 0.15) is 5.60 Å². The zero-order valence-electron chi connectivity index (χ0n) is 12.1. The van der Waals surface area contributed by atoms with Gasteiger partial charge >= 0.3 is 6.09 Å². The first-order valence-corrected chi connectivity index (χ1v) is 6.65. The van der Waals surface area contributed by atoms with Gasteiger partial charge in [-0.1, -0.05) is 0 Å². The van der Waals surface area contributed by atoms with Gasteiger partial charge in [0.15, 0.2) is 0 Å². The lowest BCUT2D eigenvalue weighted by Crippen LogP contribution is -2.70. The molecule has 6 heteroatoms. The average molecular weight is 269 g/mol. The highest BCUT2D eigenvalue weighted by molar-refractivity contribution is 5.81. The van der Waals surface area contributed by atoms with Gasteiger partial charge in [0.25, 0.3) is 0 Å². The van der Waals surface area contributed by atoms with Crippen LogP contribution in [0.3, 0.4) is 0 Å². The molecule has 2 saturated heterocycles. The van der Waals surface area contributed by atoms with Crippen LogP contribution in [-0.4, -0.2) is 58.6 Å². The van der Waals surface area contributed by atoms with Gasteiger partial charge in [0, 0.05) is 32.1 Å². The normalized spacial score (nSPS) is 26.4. The van der Waals surface area contributed by atoms with Crippen LogP contribution in [0.1, 0.15) is 34.1 Å². The quantitative estimate of drug-likeness (QED) is 0.754. The van der Waals surface area contributed by atoms with E-state index in [-0.39, 0.29) is 23.6 Å². The van der Waals surface area contributed by atoms with E-state index in [4.69, 9.17) is 10.5 Å². The standard InChI is InChI=1S/C13H23N3O3/c1-12(2,3)19-11(18)15-7-13(4,8-15)16-6-9(14)5-10(16)17/h9H,5-8,14H2,1-4H3. The van der Waals surface area contributed by atoms with Gasteiger partial charge in [-0.25, -0.2) is 4.79 Å². The molecule has 2 amide bonds. The van der Waals surface area contributed by atoms with Gasteiger partial charge in [-0.2, -0.15) is 0 Å². The molecule has 2 N–H and O–H groups in total. The molecule has 2 fully saturated rings. The molecular weight excluding hydrogens is 246 g/mol. The van der Waals surface area contributed by atoms with E-state index in [9.17, 15) is 9.59 Å². The molecule has 0 bridgehead atoms. The number of rotatable bonds is 1. The summed E-state index contributed by atoms with van der Waals surface area (Å²) in [4.78, 5) is 27.1. The third-order valence-corrected chi connectivity index (χ3v) is 3.52. The highest BCUT2D eigenvalue weighted by Crippen LogP contribution is 2.32. The lowest BCUT2D eigenvalue weighted by atomic mass is 9.90. The molecule has 0 spiro atoms. The van der Waals surface area contributed by atoms with Crippen LogP contribution in [0, 0.1) is 0 Å². The minimum Gasteiger partial charge on any atom is -0.444 e. The monoisotopic (exact) mass is 269 g/mol. The Labute approximate surface area is 113 Å². The Morgan fingerprint density at radius 2 is 2.00 bits per heavy atom. The fourth-order valence-electron chi connectivity index (χ4n) is 2.66. The van der Waals surface area contributed by atoms with E-state index in [0.29, 0.717) is 26.1 Å². The summed E-state index contributed by atoms with van der Waals surface area (Å²) < 4.78 is 5.30. The molecule has 2 heterocycles. The number of carbonyl (C=O) groups excluding carboxylic acids is 2. The van der Waals surface area contributed by atoms with E-state index in [1.54, 1.807) is 9.80 Å². The lowest BCUT2D eigenvalue weighted by molar-refractivity contribution is -0.139. The Balaban J connectivity index is 1.91. The molecule has 2 aliphatic heterocycles. The topological polar surface area (TPSA) is 75.9 Å². The fraction of sp³-hybridized carbons (Fsp3) is 0.846. The highest BCUT2D eigenvalue weighted by Gasteiger charge is 2.50. The number of hydrogen-bond donors (Lipinski definition) is 1. The number of nitrogens with zero attached hydrogens (tertiary/aromatic N) is 2. The van der Waals surface area contributed by atoms with Crippen LogP contribution in [0.2, 0.25) is 0 Å². The van der Waals surface area contributed by atoms with Crippen molar-refractivity contribution in [2.24, 2.45) is 5.73 Å². The first kappa shape index (κ1) is 14.1. The van der Waals surface area contributed by atoms with Crippen molar-refractivity contribution in [2.75, 3.05) is 19.6 Å². The van der Waals surface area contributed by atoms with Crippen molar-refractivity contribution in [2.45, 2.75) is 51.3 Å². The van der Waals surface area contributed by atoms with Crippen LogP contribution in [0.25, 0.3) is 0 Å². The average Bonchev–Trinajstić information content (AvgIpc) is 2.50. The van der Waals surface area contributed by atoms with Crippen molar-refractivity contribution >= 4 is 12.0 Å². The second-order valence-electron chi connectivity index (χ2n) is 6.80. The van der Waals surface area contributed by atoms with Gasteiger partial charge < -0.3 is 20.3 Å². The fourth-order valence-corrected chi connectivity index (χ4v) is 2.66. The highest BCUT2D eigenvalue weighted by atomic mass is 16.6. The van der Waals surface area contributed by atoms with Crippen molar-refractivity contribution in [1.29, 1.82) is 0 Å². The van der Waals surface area contributed by atoms with Crippen LogP contribution in [-0.2, 0) is 9.53 Å². The Kier molecular flexibility index (Phi) is 3.24. The Hall–Kier alpha value is -1.30. The van der Waals surface area contributed by atoms with Crippen LogP contribution in [0.5, 0.6) is 0 Å². The SMILES string of the molecule is CC(C)(C)OC(=O)N1CC(C)(N2CC(N)CC2=O)C1. The Morgan fingerprint density at radius 1 is 1.42 bits per heavy atom. The molecule has 0 saturated carbocycles. The summed E-state index contributed by atoms with van der Waals surface area (Å²) in [5, 5.41) is 0. The minimum absolute atomic E-state index is 0.0823. The van der Waals surface area contributed by atoms with Crippen molar-refractivity contribution in [3.8, 4) is 0 Å². The number of ether oxygens (including phenoxy) is 1. The van der Waals surface area contributed by atoms with E-state index >= 15 is 0 Å². The molecule has 1 atom stereocenters. The van der Waals surface area contributed by atoms with E-state index in [0.717, 1.165) is 0 Å². The molecule has 0 aromatic carbocycles. The molecule has 2 aliphatic rings. The van der Waals surface area contributed by atoms with E-state index in [1.165, 1.54) is 0 Å². The molecule has 6 nitrogen and oxygen atoms in total. The van der Waals surface area contributed by atoms with Gasteiger partial charge in [0.2, 0.25) is 5.91 Å². The first-order chi connectivity index (χ1) is 8.61. The van der Waals surface area contributed by atoms with Crippen molar-refractivity contribution < 1.29 is 14.3 Å². The maximum atomic E-state index is 11.9. The third kappa shape index (κ3) is 2.83. The van der Waals surface area contributed by atoms with E-state index < -0.39 is 5.60 Å². The second-order valence-corrected chi connectivity index (χ2v) is 6.80. The smallest absolute Gasteiger partial charge is 0.410 e. The molecule has 19 heavy (non-hydrogen) atoms. The van der Waals surface area contributed by atoms with E-state index in [1.807, 2.05) is 27.7 Å². The maximum absolute atomic E-state index is 11.9. The van der Waals surface area contributed by atoms with Gasteiger partial charge in [-0.15, -0.1) is 0 Å². The van der Waals surface area contributed by atoms with Crippen LogP contribution in [0.4, 0.5) is 4.79 Å².